The zero-order valence-corrected chi connectivity index (χ0v) is 17.5. The number of hydrogen-bond acceptors (Lipinski definition) is 6. The number of amides is 3. The van der Waals surface area contributed by atoms with E-state index in [0.29, 0.717) is 11.4 Å². The molecular formula is C23H23N3O5. The van der Waals surface area contributed by atoms with Crippen LogP contribution >= 0.6 is 0 Å². The van der Waals surface area contributed by atoms with Crippen molar-refractivity contribution in [1.82, 2.24) is 5.06 Å². The van der Waals surface area contributed by atoms with Crippen LogP contribution in [0.5, 0.6) is 5.75 Å². The van der Waals surface area contributed by atoms with E-state index in [9.17, 15) is 14.4 Å². The van der Waals surface area contributed by atoms with Crippen LogP contribution in [-0.4, -0.2) is 55.1 Å². The summed E-state index contributed by atoms with van der Waals surface area (Å²) in [6, 6.07) is 15.4. The van der Waals surface area contributed by atoms with Crippen molar-refractivity contribution < 1.29 is 24.0 Å². The van der Waals surface area contributed by atoms with E-state index in [1.165, 1.54) is 4.90 Å². The molecule has 8 nitrogen and oxygen atoms in total. The summed E-state index contributed by atoms with van der Waals surface area (Å²) in [5, 5.41) is 1.58. The summed E-state index contributed by atoms with van der Waals surface area (Å²) in [6.07, 6.45) is -0.886. The molecule has 0 radical (unpaired) electrons. The molecule has 5 atom stereocenters. The molecule has 5 rings (SSSR count). The lowest BCUT2D eigenvalue weighted by molar-refractivity contribution is -0.166. The molecular weight excluding hydrogens is 398 g/mol. The Bertz CT molecular complexity index is 1040. The quantitative estimate of drug-likeness (QED) is 0.554. The fourth-order valence-corrected chi connectivity index (χ4v) is 4.98. The largest absolute Gasteiger partial charge is 0.497 e. The highest BCUT2D eigenvalue weighted by Gasteiger charge is 2.65. The van der Waals surface area contributed by atoms with Gasteiger partial charge in [0, 0.05) is 12.7 Å². The van der Waals surface area contributed by atoms with Gasteiger partial charge in [-0.25, -0.2) is 4.90 Å². The second-order valence-corrected chi connectivity index (χ2v) is 8.12. The van der Waals surface area contributed by atoms with Crippen LogP contribution in [0.1, 0.15) is 6.92 Å². The fourth-order valence-electron chi connectivity index (χ4n) is 4.98. The van der Waals surface area contributed by atoms with Crippen LogP contribution < -0.4 is 14.5 Å². The standard InChI is InChI=1S/C23H23N3O5/c1-13-18(25(21(13)27)15-9-11-16(30-3)12-10-15)19-17-20(31-24(19)2)23(29)26(22(17)28)14-7-5-4-6-8-14/h4-13,17-20H,1-3H3/t13-,17+,18-,19-,20-/m1/s1. The van der Waals surface area contributed by atoms with Crippen molar-refractivity contribution in [2.75, 3.05) is 24.0 Å². The van der Waals surface area contributed by atoms with E-state index in [0.717, 1.165) is 5.69 Å². The molecule has 3 amide bonds. The number of anilines is 2. The van der Waals surface area contributed by atoms with Gasteiger partial charge in [-0.05, 0) is 36.4 Å². The highest BCUT2D eigenvalue weighted by molar-refractivity contribution is 6.23. The SMILES string of the molecule is COc1ccc(N2C(=O)[C@H](C)[C@@H]2[C@H]2[C@@H]3C(=O)N(c4ccccc4)C(=O)[C@@H]3ON2C)cc1. The van der Waals surface area contributed by atoms with Crippen LogP contribution in [-0.2, 0) is 19.2 Å². The molecule has 0 spiro atoms. The predicted molar refractivity (Wildman–Crippen MR) is 112 cm³/mol. The molecule has 3 aliphatic heterocycles. The number of para-hydroxylation sites is 1. The van der Waals surface area contributed by atoms with Crippen LogP contribution in [0.3, 0.4) is 0 Å². The first-order chi connectivity index (χ1) is 14.9. The Morgan fingerprint density at radius 3 is 2.16 bits per heavy atom. The van der Waals surface area contributed by atoms with Gasteiger partial charge in [-0.3, -0.25) is 19.2 Å². The number of likely N-dealkylation sites (N-methyl/N-ethyl adjacent to an activating group) is 1. The molecule has 0 N–H and O–H groups in total. The number of fused-ring (bicyclic) bond motifs is 1. The highest BCUT2D eigenvalue weighted by Crippen LogP contribution is 2.45. The normalized spacial score (nSPS) is 30.5. The summed E-state index contributed by atoms with van der Waals surface area (Å²) in [5.74, 6) is -0.979. The number of methoxy groups -OCH3 is 1. The molecule has 31 heavy (non-hydrogen) atoms. The number of hydrogen-bond donors (Lipinski definition) is 0. The Hall–Kier alpha value is -3.23. The Labute approximate surface area is 179 Å². The number of carbonyl (C=O) groups excluding carboxylic acids is 3. The minimum Gasteiger partial charge on any atom is -0.497 e. The van der Waals surface area contributed by atoms with Gasteiger partial charge in [0.05, 0.1) is 36.7 Å². The summed E-state index contributed by atoms with van der Waals surface area (Å²) >= 11 is 0. The van der Waals surface area contributed by atoms with Crippen molar-refractivity contribution >= 4 is 29.1 Å². The van der Waals surface area contributed by atoms with Gasteiger partial charge < -0.3 is 9.64 Å². The van der Waals surface area contributed by atoms with Crippen molar-refractivity contribution in [3.63, 3.8) is 0 Å². The van der Waals surface area contributed by atoms with Gasteiger partial charge in [0.2, 0.25) is 11.8 Å². The third kappa shape index (κ3) is 2.79. The van der Waals surface area contributed by atoms with Gasteiger partial charge in [-0.1, -0.05) is 25.1 Å². The molecule has 0 aromatic heterocycles. The third-order valence-electron chi connectivity index (χ3n) is 6.52. The lowest BCUT2D eigenvalue weighted by atomic mass is 9.77. The van der Waals surface area contributed by atoms with E-state index in [-0.39, 0.29) is 29.7 Å². The number of benzene rings is 2. The molecule has 0 unspecified atom stereocenters. The molecule has 160 valence electrons. The molecule has 2 aromatic carbocycles. The van der Waals surface area contributed by atoms with E-state index in [1.807, 2.05) is 25.1 Å². The summed E-state index contributed by atoms with van der Waals surface area (Å²) in [6.45, 7) is 1.85. The second-order valence-electron chi connectivity index (χ2n) is 8.12. The maximum Gasteiger partial charge on any atom is 0.265 e. The van der Waals surface area contributed by atoms with E-state index >= 15 is 0 Å². The number of carbonyl (C=O) groups is 3. The third-order valence-corrected chi connectivity index (χ3v) is 6.52. The molecule has 3 aliphatic rings. The summed E-state index contributed by atoms with van der Waals surface area (Å²) < 4.78 is 5.21. The number of nitrogens with zero attached hydrogens (tertiary/aromatic N) is 3. The van der Waals surface area contributed by atoms with E-state index in [4.69, 9.17) is 9.57 Å². The average molecular weight is 421 g/mol. The molecule has 3 saturated heterocycles. The monoisotopic (exact) mass is 421 g/mol. The lowest BCUT2D eigenvalue weighted by Crippen LogP contribution is -2.68. The summed E-state index contributed by atoms with van der Waals surface area (Å²) in [4.78, 5) is 48.0. The Balaban J connectivity index is 1.48. The van der Waals surface area contributed by atoms with Crippen molar-refractivity contribution in [3.05, 3.63) is 54.6 Å². The van der Waals surface area contributed by atoms with Gasteiger partial charge in [-0.2, -0.15) is 5.06 Å². The first kappa shape index (κ1) is 19.7. The second kappa shape index (κ2) is 7.18. The van der Waals surface area contributed by atoms with E-state index in [2.05, 4.69) is 0 Å². The number of rotatable bonds is 4. The van der Waals surface area contributed by atoms with Crippen LogP contribution in [0, 0.1) is 11.8 Å². The first-order valence-corrected chi connectivity index (χ1v) is 10.2. The Morgan fingerprint density at radius 1 is 0.839 bits per heavy atom. The van der Waals surface area contributed by atoms with Crippen LogP contribution in [0.4, 0.5) is 11.4 Å². The average Bonchev–Trinajstić information content (AvgIpc) is 3.25. The van der Waals surface area contributed by atoms with Crippen LogP contribution in [0.25, 0.3) is 0 Å². The molecule has 2 aromatic rings. The molecule has 3 heterocycles. The molecule has 8 heteroatoms. The Morgan fingerprint density at radius 2 is 1.52 bits per heavy atom. The van der Waals surface area contributed by atoms with Gasteiger partial charge in [0.1, 0.15) is 5.75 Å². The predicted octanol–water partition coefficient (Wildman–Crippen LogP) is 1.85. The van der Waals surface area contributed by atoms with Crippen molar-refractivity contribution in [3.8, 4) is 5.75 Å². The summed E-state index contributed by atoms with van der Waals surface area (Å²) in [5.41, 5.74) is 1.25. The van der Waals surface area contributed by atoms with Crippen LogP contribution in [0.15, 0.2) is 54.6 Å². The van der Waals surface area contributed by atoms with Gasteiger partial charge in [0.15, 0.2) is 6.10 Å². The highest BCUT2D eigenvalue weighted by atomic mass is 16.7. The van der Waals surface area contributed by atoms with Crippen LogP contribution in [0.2, 0.25) is 0 Å². The number of ether oxygens (including phenoxy) is 1. The van der Waals surface area contributed by atoms with Crippen molar-refractivity contribution in [2.24, 2.45) is 11.8 Å². The lowest BCUT2D eigenvalue weighted by Gasteiger charge is -2.50. The van der Waals surface area contributed by atoms with Gasteiger partial charge in [0.25, 0.3) is 5.91 Å². The van der Waals surface area contributed by atoms with E-state index < -0.39 is 18.1 Å². The maximum atomic E-state index is 13.4. The zero-order valence-electron chi connectivity index (χ0n) is 17.5. The number of β-lactam (4-membered cyclic amide) rings is 1. The molecule has 0 bridgehead atoms. The van der Waals surface area contributed by atoms with Gasteiger partial charge >= 0.3 is 0 Å². The van der Waals surface area contributed by atoms with E-state index in [1.54, 1.807) is 60.5 Å². The topological polar surface area (TPSA) is 79.4 Å². The number of hydroxylamine groups is 2. The smallest absolute Gasteiger partial charge is 0.265 e. The minimum atomic E-state index is -0.886. The van der Waals surface area contributed by atoms with Crippen molar-refractivity contribution in [2.45, 2.75) is 25.1 Å². The fraction of sp³-hybridized carbons (Fsp3) is 0.348. The van der Waals surface area contributed by atoms with Crippen molar-refractivity contribution in [1.29, 1.82) is 0 Å². The summed E-state index contributed by atoms with van der Waals surface area (Å²) in [7, 11) is 3.30. The molecule has 0 aliphatic carbocycles. The maximum absolute atomic E-state index is 13.4. The number of imide groups is 1. The minimum absolute atomic E-state index is 0.0243. The first-order valence-electron chi connectivity index (χ1n) is 10.2. The zero-order chi connectivity index (χ0) is 21.9. The molecule has 3 fully saturated rings. The Kier molecular flexibility index (Phi) is 4.56. The van der Waals surface area contributed by atoms with Gasteiger partial charge in [-0.15, -0.1) is 0 Å². The molecule has 0 saturated carbocycles.